The Labute approximate surface area is 147 Å². The second-order valence-electron chi connectivity index (χ2n) is 6.93. The van der Waals surface area contributed by atoms with Crippen LogP contribution in [-0.4, -0.2) is 11.5 Å². The van der Waals surface area contributed by atoms with Gasteiger partial charge in [-0.3, -0.25) is 0 Å². The topological polar surface area (TPSA) is 39.9 Å². The van der Waals surface area contributed by atoms with Crippen LogP contribution in [0, 0.1) is 18.3 Å². The Kier molecular flexibility index (Phi) is 3.58. The van der Waals surface area contributed by atoms with Gasteiger partial charge >= 0.3 is 0 Å². The minimum Gasteiger partial charge on any atom is -0.351 e. The molecule has 2 heterocycles. The van der Waals surface area contributed by atoms with Crippen LogP contribution in [0.25, 0.3) is 0 Å². The molecule has 1 fully saturated rings. The Bertz CT molecular complexity index is 853. The average Bonchev–Trinajstić information content (AvgIpc) is 2.84. The smallest absolute Gasteiger partial charge is 0.132 e. The fourth-order valence-electron chi connectivity index (χ4n) is 3.96. The van der Waals surface area contributed by atoms with E-state index in [0.717, 1.165) is 31.7 Å². The third kappa shape index (κ3) is 2.48. The van der Waals surface area contributed by atoms with Gasteiger partial charge in [-0.15, -0.1) is 0 Å². The highest BCUT2D eigenvalue weighted by molar-refractivity contribution is 6.30. The van der Waals surface area contributed by atoms with E-state index in [0.29, 0.717) is 5.02 Å². The number of hydrogen-bond acceptors (Lipinski definition) is 3. The van der Waals surface area contributed by atoms with Crippen LogP contribution in [0.2, 0.25) is 5.02 Å². The minimum atomic E-state index is 0.0701. The van der Waals surface area contributed by atoms with Gasteiger partial charge in [-0.1, -0.05) is 47.0 Å². The summed E-state index contributed by atoms with van der Waals surface area (Å²) in [7, 11) is 0. The summed E-state index contributed by atoms with van der Waals surface area (Å²) in [4.78, 5) is 6.96. The standard InChI is InChI=1S/C20H18ClN3/c1-14-2-4-15(5-3-14)12-24-13-20(9-16(10-20)6-7-22)18-8-17(21)11-23-19(18)24/h2-6,8,11H,9-10,12-13H2,1H3. The maximum Gasteiger partial charge on any atom is 0.132 e. The number of nitriles is 1. The molecule has 1 aromatic carbocycles. The molecule has 0 amide bonds. The molecule has 4 rings (SSSR count). The quantitative estimate of drug-likeness (QED) is 0.756. The van der Waals surface area contributed by atoms with Crippen molar-refractivity contribution in [2.75, 3.05) is 11.4 Å². The van der Waals surface area contributed by atoms with Gasteiger partial charge in [-0.05, 0) is 31.4 Å². The van der Waals surface area contributed by atoms with Gasteiger partial charge in [0.25, 0.3) is 0 Å². The molecule has 0 atom stereocenters. The molecule has 0 saturated heterocycles. The molecule has 2 aromatic rings. The zero-order valence-corrected chi connectivity index (χ0v) is 14.3. The van der Waals surface area contributed by atoms with Gasteiger partial charge in [-0.2, -0.15) is 5.26 Å². The van der Waals surface area contributed by atoms with Crippen LogP contribution < -0.4 is 4.90 Å². The number of fused-ring (bicyclic) bond motifs is 2. The van der Waals surface area contributed by atoms with Crippen molar-refractivity contribution in [2.45, 2.75) is 31.7 Å². The Hall–Kier alpha value is -2.31. The third-order valence-electron chi connectivity index (χ3n) is 5.09. The van der Waals surface area contributed by atoms with Crippen molar-refractivity contribution >= 4 is 17.4 Å². The normalized spacial score (nSPS) is 21.4. The van der Waals surface area contributed by atoms with E-state index < -0.39 is 0 Å². The molecule has 0 unspecified atom stereocenters. The molecule has 3 nitrogen and oxygen atoms in total. The molecular weight excluding hydrogens is 318 g/mol. The van der Waals surface area contributed by atoms with Crippen LogP contribution in [0.15, 0.2) is 48.2 Å². The Morgan fingerprint density at radius 3 is 2.79 bits per heavy atom. The van der Waals surface area contributed by atoms with Gasteiger partial charge in [-0.25, -0.2) is 4.98 Å². The molecule has 4 heteroatoms. The van der Waals surface area contributed by atoms with Crippen molar-refractivity contribution in [1.82, 2.24) is 4.98 Å². The zero-order valence-electron chi connectivity index (χ0n) is 13.6. The Balaban J connectivity index is 1.65. The highest BCUT2D eigenvalue weighted by Crippen LogP contribution is 2.55. The maximum atomic E-state index is 8.87. The van der Waals surface area contributed by atoms with E-state index in [2.05, 4.69) is 53.2 Å². The minimum absolute atomic E-state index is 0.0701. The van der Waals surface area contributed by atoms with Gasteiger partial charge in [0.15, 0.2) is 0 Å². The fourth-order valence-corrected chi connectivity index (χ4v) is 4.12. The number of halogens is 1. The molecule has 0 bridgehead atoms. The lowest BCUT2D eigenvalue weighted by Gasteiger charge is -2.41. The van der Waals surface area contributed by atoms with Crippen LogP contribution in [0.5, 0.6) is 0 Å². The summed E-state index contributed by atoms with van der Waals surface area (Å²) in [6.07, 6.45) is 5.28. The van der Waals surface area contributed by atoms with Gasteiger partial charge in [0.1, 0.15) is 5.82 Å². The number of benzene rings is 1. The lowest BCUT2D eigenvalue weighted by Crippen LogP contribution is -2.40. The van der Waals surface area contributed by atoms with E-state index in [4.69, 9.17) is 16.9 Å². The maximum absolute atomic E-state index is 8.87. The molecule has 2 aliphatic rings. The third-order valence-corrected chi connectivity index (χ3v) is 5.30. The summed E-state index contributed by atoms with van der Waals surface area (Å²) >= 11 is 6.21. The van der Waals surface area contributed by atoms with Gasteiger partial charge in [0, 0.05) is 36.3 Å². The molecule has 1 aliphatic heterocycles. The second-order valence-corrected chi connectivity index (χ2v) is 7.37. The van der Waals surface area contributed by atoms with E-state index in [-0.39, 0.29) is 5.41 Å². The van der Waals surface area contributed by atoms with Crippen molar-refractivity contribution in [3.8, 4) is 6.07 Å². The zero-order chi connectivity index (χ0) is 16.7. The van der Waals surface area contributed by atoms with Crippen LogP contribution in [0.4, 0.5) is 5.82 Å². The van der Waals surface area contributed by atoms with E-state index in [9.17, 15) is 0 Å². The summed E-state index contributed by atoms with van der Waals surface area (Å²) in [5.41, 5.74) is 5.08. The summed E-state index contributed by atoms with van der Waals surface area (Å²) in [5, 5.41) is 9.55. The largest absolute Gasteiger partial charge is 0.351 e. The number of rotatable bonds is 2. The monoisotopic (exact) mass is 335 g/mol. The first-order valence-electron chi connectivity index (χ1n) is 8.14. The van der Waals surface area contributed by atoms with Crippen molar-refractivity contribution in [2.24, 2.45) is 0 Å². The van der Waals surface area contributed by atoms with E-state index >= 15 is 0 Å². The van der Waals surface area contributed by atoms with E-state index in [1.165, 1.54) is 22.3 Å². The van der Waals surface area contributed by atoms with Crippen LogP contribution in [-0.2, 0) is 12.0 Å². The summed E-state index contributed by atoms with van der Waals surface area (Å²) in [5.74, 6) is 1.04. The number of hydrogen-bond donors (Lipinski definition) is 0. The van der Waals surface area contributed by atoms with Crippen molar-refractivity contribution in [1.29, 1.82) is 5.26 Å². The average molecular weight is 336 g/mol. The number of pyridine rings is 1. The first-order valence-corrected chi connectivity index (χ1v) is 8.51. The molecule has 0 radical (unpaired) electrons. The predicted molar refractivity (Wildman–Crippen MR) is 96.1 cm³/mol. The second kappa shape index (κ2) is 5.65. The molecule has 120 valence electrons. The van der Waals surface area contributed by atoms with Gasteiger partial charge in [0.05, 0.1) is 11.1 Å². The summed E-state index contributed by atoms with van der Waals surface area (Å²) in [6.45, 7) is 3.89. The van der Waals surface area contributed by atoms with Crippen molar-refractivity contribution in [3.05, 3.63) is 69.9 Å². The number of aryl methyl sites for hydroxylation is 1. The molecule has 1 aliphatic carbocycles. The predicted octanol–water partition coefficient (Wildman–Crippen LogP) is 4.55. The summed E-state index contributed by atoms with van der Waals surface area (Å²) in [6, 6.07) is 12.9. The number of allylic oxidation sites excluding steroid dienone is 2. The van der Waals surface area contributed by atoms with Crippen LogP contribution >= 0.6 is 11.6 Å². The number of anilines is 1. The molecule has 1 spiro atoms. The van der Waals surface area contributed by atoms with Crippen LogP contribution in [0.1, 0.15) is 29.5 Å². The molecule has 1 saturated carbocycles. The van der Waals surface area contributed by atoms with Gasteiger partial charge < -0.3 is 4.90 Å². The van der Waals surface area contributed by atoms with Crippen LogP contribution in [0.3, 0.4) is 0 Å². The first-order chi connectivity index (χ1) is 11.6. The highest BCUT2D eigenvalue weighted by Gasteiger charge is 2.50. The lowest BCUT2D eigenvalue weighted by atomic mass is 9.63. The molecule has 1 aromatic heterocycles. The van der Waals surface area contributed by atoms with E-state index in [1.54, 1.807) is 12.3 Å². The SMILES string of the molecule is Cc1ccc(CN2CC3(CC(=CC#N)C3)c3cc(Cl)cnc32)cc1. The highest BCUT2D eigenvalue weighted by atomic mass is 35.5. The molecule has 24 heavy (non-hydrogen) atoms. The lowest BCUT2D eigenvalue weighted by molar-refractivity contribution is 0.352. The molecule has 0 N–H and O–H groups in total. The van der Waals surface area contributed by atoms with Gasteiger partial charge in [0.2, 0.25) is 0 Å². The summed E-state index contributed by atoms with van der Waals surface area (Å²) < 4.78 is 0. The fraction of sp³-hybridized carbons (Fsp3) is 0.300. The number of aromatic nitrogens is 1. The van der Waals surface area contributed by atoms with E-state index in [1.807, 2.05) is 0 Å². The van der Waals surface area contributed by atoms with Crippen molar-refractivity contribution in [3.63, 3.8) is 0 Å². The Morgan fingerprint density at radius 1 is 1.33 bits per heavy atom. The molecular formula is C20H18ClN3. The van der Waals surface area contributed by atoms with Crippen molar-refractivity contribution < 1.29 is 0 Å². The Morgan fingerprint density at radius 2 is 2.08 bits per heavy atom. The first kappa shape index (κ1) is 15.2. The number of nitrogens with zero attached hydrogens (tertiary/aromatic N) is 3.